The number of likely N-dealkylation sites (tertiary alicyclic amines) is 1. The molecule has 12 nitrogen and oxygen atoms in total. The number of anilines is 4. The van der Waals surface area contributed by atoms with Crippen LogP contribution in [0.5, 0.6) is 0 Å². The van der Waals surface area contributed by atoms with Crippen LogP contribution < -0.4 is 16.0 Å². The zero-order valence-electron chi connectivity index (χ0n) is 22.8. The smallest absolute Gasteiger partial charge is 0.311 e. The highest BCUT2D eigenvalue weighted by molar-refractivity contribution is 5.74. The van der Waals surface area contributed by atoms with E-state index < -0.39 is 0 Å². The molecule has 0 radical (unpaired) electrons. The summed E-state index contributed by atoms with van der Waals surface area (Å²) in [6.07, 6.45) is 8.75. The molecule has 4 aromatic heterocycles. The average molecular weight is 553 g/mol. The monoisotopic (exact) mass is 552 g/mol. The average Bonchev–Trinajstić information content (AvgIpc) is 2.96. The fourth-order valence-corrected chi connectivity index (χ4v) is 4.89. The number of hydrogen-bond donors (Lipinski definition) is 3. The minimum atomic E-state index is -0.0719. The second-order valence-electron chi connectivity index (χ2n) is 10.3. The molecule has 2 saturated heterocycles. The number of aryl methyl sites for hydroxylation is 1. The van der Waals surface area contributed by atoms with Crippen LogP contribution in [0.3, 0.4) is 0 Å². The van der Waals surface area contributed by atoms with Gasteiger partial charge in [-0.15, -0.1) is 0 Å². The second kappa shape index (κ2) is 12.3. The molecule has 6 heterocycles. The van der Waals surface area contributed by atoms with Crippen LogP contribution in [0.25, 0.3) is 11.5 Å². The molecule has 0 saturated carbocycles. The summed E-state index contributed by atoms with van der Waals surface area (Å²) in [6, 6.07) is 11.3. The molecular formula is C29H32N10O2. The van der Waals surface area contributed by atoms with E-state index in [0.29, 0.717) is 48.7 Å². The topological polar surface area (TPSA) is 143 Å². The molecule has 12 heteroatoms. The van der Waals surface area contributed by atoms with Crippen molar-refractivity contribution >= 4 is 29.2 Å². The molecule has 2 aliphatic heterocycles. The Labute approximate surface area is 238 Å². The Kier molecular flexibility index (Phi) is 8.01. The molecular weight excluding hydrogens is 520 g/mol. The summed E-state index contributed by atoms with van der Waals surface area (Å²) in [4.78, 5) is 41.4. The second-order valence-corrected chi connectivity index (χ2v) is 10.3. The van der Waals surface area contributed by atoms with E-state index >= 15 is 0 Å². The van der Waals surface area contributed by atoms with Gasteiger partial charge in [0.25, 0.3) is 0 Å². The van der Waals surface area contributed by atoms with Crippen molar-refractivity contribution in [1.29, 1.82) is 0 Å². The molecule has 0 spiro atoms. The van der Waals surface area contributed by atoms with Crippen LogP contribution in [-0.4, -0.2) is 73.1 Å². The Morgan fingerprint density at radius 1 is 1.00 bits per heavy atom. The Morgan fingerprint density at radius 3 is 2.63 bits per heavy atom. The van der Waals surface area contributed by atoms with E-state index in [1.54, 1.807) is 30.7 Å². The summed E-state index contributed by atoms with van der Waals surface area (Å²) in [7, 11) is 0. The summed E-state index contributed by atoms with van der Waals surface area (Å²) in [5.74, 6) is 2.00. The van der Waals surface area contributed by atoms with Gasteiger partial charge in [0.1, 0.15) is 23.4 Å². The Bertz CT molecular complexity index is 1500. The van der Waals surface area contributed by atoms with Crippen molar-refractivity contribution in [1.82, 2.24) is 40.1 Å². The van der Waals surface area contributed by atoms with Gasteiger partial charge < -0.3 is 20.7 Å². The summed E-state index contributed by atoms with van der Waals surface area (Å²) in [6.45, 7) is 5.85. The molecule has 0 unspecified atom stereocenters. The lowest BCUT2D eigenvalue weighted by Gasteiger charge is -2.38. The molecule has 0 amide bonds. The number of carbonyl (C=O) groups is 1. The van der Waals surface area contributed by atoms with Crippen molar-refractivity contribution in [2.75, 3.05) is 36.8 Å². The van der Waals surface area contributed by atoms with Gasteiger partial charge in [0.2, 0.25) is 5.95 Å². The highest BCUT2D eigenvalue weighted by atomic mass is 16.5. The number of carbonyl (C=O) groups excluding carboxylic acids is 1. The third kappa shape index (κ3) is 6.97. The number of nitrogens with zero attached hydrogens (tertiary/aromatic N) is 7. The zero-order valence-corrected chi connectivity index (χ0v) is 22.8. The first kappa shape index (κ1) is 26.7. The molecule has 2 aliphatic rings. The number of ether oxygens (including phenoxy) is 1. The van der Waals surface area contributed by atoms with Gasteiger partial charge in [-0.2, -0.15) is 4.98 Å². The lowest BCUT2D eigenvalue weighted by molar-refractivity contribution is -0.161. The number of piperidine rings is 1. The molecule has 6 rings (SSSR count). The third-order valence-corrected chi connectivity index (χ3v) is 7.00. The minimum Gasteiger partial charge on any atom is -0.462 e. The van der Waals surface area contributed by atoms with E-state index in [2.05, 4.69) is 50.8 Å². The van der Waals surface area contributed by atoms with Crippen molar-refractivity contribution in [3.05, 3.63) is 72.4 Å². The van der Waals surface area contributed by atoms with Gasteiger partial charge in [0.05, 0.1) is 17.8 Å². The van der Waals surface area contributed by atoms with Crippen LogP contribution >= 0.6 is 0 Å². The third-order valence-electron chi connectivity index (χ3n) is 7.00. The summed E-state index contributed by atoms with van der Waals surface area (Å²) < 4.78 is 5.70. The summed E-state index contributed by atoms with van der Waals surface area (Å²) in [5, 5.41) is 9.74. The van der Waals surface area contributed by atoms with Gasteiger partial charge in [-0.1, -0.05) is 6.07 Å². The summed E-state index contributed by atoms with van der Waals surface area (Å²) in [5.41, 5.74) is 3.41. The van der Waals surface area contributed by atoms with Crippen LogP contribution in [0.1, 0.15) is 24.1 Å². The molecule has 4 aromatic rings. The number of aromatic nitrogens is 6. The van der Waals surface area contributed by atoms with Gasteiger partial charge in [-0.25, -0.2) is 19.9 Å². The maximum Gasteiger partial charge on any atom is 0.311 e. The Hall–Kier alpha value is -4.55. The van der Waals surface area contributed by atoms with Crippen molar-refractivity contribution in [3.8, 4) is 11.5 Å². The number of esters is 1. The first-order valence-electron chi connectivity index (χ1n) is 13.8. The predicted molar refractivity (Wildman–Crippen MR) is 154 cm³/mol. The van der Waals surface area contributed by atoms with Gasteiger partial charge in [0.15, 0.2) is 5.82 Å². The Balaban J connectivity index is 1.03. The van der Waals surface area contributed by atoms with Crippen molar-refractivity contribution in [2.45, 2.75) is 32.4 Å². The van der Waals surface area contributed by atoms with E-state index in [4.69, 9.17) is 4.74 Å². The van der Waals surface area contributed by atoms with E-state index in [1.807, 2.05) is 37.4 Å². The van der Waals surface area contributed by atoms with E-state index in [-0.39, 0.29) is 18.0 Å². The number of hydrogen-bond acceptors (Lipinski definition) is 12. The van der Waals surface area contributed by atoms with Crippen LogP contribution in [-0.2, 0) is 16.1 Å². The Morgan fingerprint density at radius 2 is 1.80 bits per heavy atom. The molecule has 3 N–H and O–H groups in total. The maximum absolute atomic E-state index is 12.5. The quantitative estimate of drug-likeness (QED) is 0.262. The summed E-state index contributed by atoms with van der Waals surface area (Å²) >= 11 is 0. The molecule has 0 aromatic carbocycles. The van der Waals surface area contributed by atoms with Crippen LogP contribution in [0.15, 0.2) is 61.2 Å². The molecule has 0 atom stereocenters. The lowest BCUT2D eigenvalue weighted by Crippen LogP contribution is -2.51. The van der Waals surface area contributed by atoms with E-state index in [1.165, 1.54) is 0 Å². The maximum atomic E-state index is 12.5. The molecule has 41 heavy (non-hydrogen) atoms. The fraction of sp³-hybridized carbons (Fsp3) is 0.345. The molecule has 210 valence electrons. The van der Waals surface area contributed by atoms with Crippen molar-refractivity contribution in [3.63, 3.8) is 0 Å². The normalized spacial score (nSPS) is 16.1. The highest BCUT2D eigenvalue weighted by Gasteiger charge is 2.35. The number of nitrogens with one attached hydrogen (secondary N) is 3. The highest BCUT2D eigenvalue weighted by Crippen LogP contribution is 2.23. The van der Waals surface area contributed by atoms with Gasteiger partial charge in [-0.3, -0.25) is 14.7 Å². The minimum absolute atomic E-state index is 0.0510. The standard InChI is InChI=1S/C29H32N10O2/c1-19-3-2-4-24(34-19)27-32-11-7-25(37-27)36-26-8-12-33-29(38-26)35-22-13-20(14-31-15-22)16-39-17-21(18-39)28(40)41-23-5-9-30-10-6-23/h2-4,7-8,11-15,21,23,30H,5-6,9-10,16-18H2,1H3,(H2,32,33,35,36,37,38). The molecule has 0 bridgehead atoms. The van der Waals surface area contributed by atoms with Gasteiger partial charge in [-0.05, 0) is 68.8 Å². The lowest BCUT2D eigenvalue weighted by atomic mass is 9.99. The van der Waals surface area contributed by atoms with Crippen molar-refractivity contribution < 1.29 is 9.53 Å². The number of pyridine rings is 2. The molecule has 0 aliphatic carbocycles. The van der Waals surface area contributed by atoms with Gasteiger partial charge >= 0.3 is 5.97 Å². The predicted octanol–water partition coefficient (Wildman–Crippen LogP) is 3.25. The van der Waals surface area contributed by atoms with Crippen LogP contribution in [0.2, 0.25) is 0 Å². The fourth-order valence-electron chi connectivity index (χ4n) is 4.89. The zero-order chi connectivity index (χ0) is 28.0. The van der Waals surface area contributed by atoms with E-state index in [0.717, 1.165) is 42.9 Å². The van der Waals surface area contributed by atoms with Crippen LogP contribution in [0, 0.1) is 12.8 Å². The van der Waals surface area contributed by atoms with Crippen molar-refractivity contribution in [2.24, 2.45) is 5.92 Å². The first-order valence-corrected chi connectivity index (χ1v) is 13.8. The van der Waals surface area contributed by atoms with Gasteiger partial charge in [0, 0.05) is 43.9 Å². The van der Waals surface area contributed by atoms with E-state index in [9.17, 15) is 4.79 Å². The first-order chi connectivity index (χ1) is 20.1. The number of rotatable bonds is 9. The molecule has 2 fully saturated rings. The largest absolute Gasteiger partial charge is 0.462 e. The van der Waals surface area contributed by atoms with Crippen LogP contribution in [0.4, 0.5) is 23.3 Å². The SMILES string of the molecule is Cc1cccc(-c2nccc(Nc3ccnc(Nc4cncc(CN5CC(C(=O)OC6CCNCC6)C5)c4)n3)n2)n1.